The molecule has 3 heteroatoms. The standard InChI is InChI=1S/C16H30N2O/c1-16(2)9-11-18(12-10-16)15(19)8-5-13-3-6-14(17)7-4-13/h13-14H,3-12,17H2,1-2H3. The van der Waals surface area contributed by atoms with E-state index in [1.807, 2.05) is 0 Å². The van der Waals surface area contributed by atoms with Crippen LogP contribution in [-0.4, -0.2) is 29.9 Å². The van der Waals surface area contributed by atoms with Crippen LogP contribution in [0.3, 0.4) is 0 Å². The molecule has 0 aromatic carbocycles. The van der Waals surface area contributed by atoms with Crippen LogP contribution in [0.4, 0.5) is 0 Å². The lowest BCUT2D eigenvalue weighted by molar-refractivity contribution is -0.133. The van der Waals surface area contributed by atoms with Crippen molar-refractivity contribution in [3.05, 3.63) is 0 Å². The predicted octanol–water partition coefficient (Wildman–Crippen LogP) is 2.93. The van der Waals surface area contributed by atoms with Crippen LogP contribution in [0.15, 0.2) is 0 Å². The van der Waals surface area contributed by atoms with E-state index in [2.05, 4.69) is 18.7 Å². The highest BCUT2D eigenvalue weighted by Crippen LogP contribution is 2.31. The summed E-state index contributed by atoms with van der Waals surface area (Å²) in [6, 6.07) is 0.413. The molecule has 0 bridgehead atoms. The summed E-state index contributed by atoms with van der Waals surface area (Å²) in [6.45, 7) is 6.53. The first kappa shape index (κ1) is 14.8. The molecule has 1 heterocycles. The lowest BCUT2D eigenvalue weighted by atomic mass is 9.82. The minimum absolute atomic E-state index is 0.380. The Morgan fingerprint density at radius 1 is 1.16 bits per heavy atom. The zero-order valence-electron chi connectivity index (χ0n) is 12.7. The molecule has 1 aliphatic heterocycles. The van der Waals surface area contributed by atoms with Gasteiger partial charge in [0.15, 0.2) is 0 Å². The summed E-state index contributed by atoms with van der Waals surface area (Å²) in [5.41, 5.74) is 6.35. The number of carbonyl (C=O) groups excluding carboxylic acids is 1. The van der Waals surface area contributed by atoms with Gasteiger partial charge in [-0.1, -0.05) is 13.8 Å². The Balaban J connectivity index is 1.67. The van der Waals surface area contributed by atoms with Gasteiger partial charge in [0, 0.05) is 25.6 Å². The lowest BCUT2D eigenvalue weighted by Gasteiger charge is -2.37. The molecule has 2 fully saturated rings. The molecule has 0 spiro atoms. The van der Waals surface area contributed by atoms with Gasteiger partial charge >= 0.3 is 0 Å². The number of amides is 1. The van der Waals surface area contributed by atoms with Crippen LogP contribution in [0.5, 0.6) is 0 Å². The Morgan fingerprint density at radius 2 is 1.74 bits per heavy atom. The van der Waals surface area contributed by atoms with Crippen LogP contribution in [0.25, 0.3) is 0 Å². The highest BCUT2D eigenvalue weighted by molar-refractivity contribution is 5.76. The van der Waals surface area contributed by atoms with Crippen molar-refractivity contribution in [2.45, 2.75) is 71.3 Å². The van der Waals surface area contributed by atoms with Crippen LogP contribution in [0.2, 0.25) is 0 Å². The summed E-state index contributed by atoms with van der Waals surface area (Å²) in [5.74, 6) is 1.12. The maximum absolute atomic E-state index is 12.2. The maximum Gasteiger partial charge on any atom is 0.222 e. The number of piperidine rings is 1. The average Bonchev–Trinajstić information content (AvgIpc) is 2.37. The fraction of sp³-hybridized carbons (Fsp3) is 0.938. The van der Waals surface area contributed by atoms with Crippen molar-refractivity contribution in [2.24, 2.45) is 17.1 Å². The van der Waals surface area contributed by atoms with Gasteiger partial charge in [0.2, 0.25) is 5.91 Å². The molecular weight excluding hydrogens is 236 g/mol. The maximum atomic E-state index is 12.2. The second-order valence-corrected chi connectivity index (χ2v) is 7.36. The number of hydrogen-bond acceptors (Lipinski definition) is 2. The number of hydrogen-bond donors (Lipinski definition) is 1. The fourth-order valence-corrected chi connectivity index (χ4v) is 3.32. The first-order chi connectivity index (χ1) is 8.96. The van der Waals surface area contributed by atoms with Crippen molar-refractivity contribution in [1.29, 1.82) is 0 Å². The third-order valence-corrected chi connectivity index (χ3v) is 5.13. The largest absolute Gasteiger partial charge is 0.343 e. The first-order valence-electron chi connectivity index (χ1n) is 8.00. The van der Waals surface area contributed by atoms with Crippen molar-refractivity contribution in [3.8, 4) is 0 Å². The molecule has 0 atom stereocenters. The van der Waals surface area contributed by atoms with Gasteiger partial charge in [-0.2, -0.15) is 0 Å². The molecule has 2 N–H and O–H groups in total. The Hall–Kier alpha value is -0.570. The number of likely N-dealkylation sites (tertiary alicyclic amines) is 1. The molecule has 1 aliphatic carbocycles. The van der Waals surface area contributed by atoms with Crippen molar-refractivity contribution in [2.75, 3.05) is 13.1 Å². The Labute approximate surface area is 117 Å². The van der Waals surface area contributed by atoms with Crippen molar-refractivity contribution < 1.29 is 4.79 Å². The van der Waals surface area contributed by atoms with Gasteiger partial charge < -0.3 is 10.6 Å². The summed E-state index contributed by atoms with van der Waals surface area (Å²) in [6.07, 6.45) is 8.87. The summed E-state index contributed by atoms with van der Waals surface area (Å²) < 4.78 is 0. The molecule has 2 rings (SSSR count). The zero-order chi connectivity index (χ0) is 13.9. The molecule has 0 aromatic heterocycles. The predicted molar refractivity (Wildman–Crippen MR) is 78.8 cm³/mol. The SMILES string of the molecule is CC1(C)CCN(C(=O)CCC2CCC(N)CC2)CC1. The summed E-state index contributed by atoms with van der Waals surface area (Å²) in [5, 5.41) is 0. The van der Waals surface area contributed by atoms with Crippen LogP contribution in [-0.2, 0) is 4.79 Å². The Morgan fingerprint density at radius 3 is 2.32 bits per heavy atom. The minimum Gasteiger partial charge on any atom is -0.343 e. The van der Waals surface area contributed by atoms with Gasteiger partial charge in [0.25, 0.3) is 0 Å². The minimum atomic E-state index is 0.380. The highest BCUT2D eigenvalue weighted by Gasteiger charge is 2.28. The molecular formula is C16H30N2O. The fourth-order valence-electron chi connectivity index (χ4n) is 3.32. The van der Waals surface area contributed by atoms with Gasteiger partial charge in [-0.05, 0) is 56.3 Å². The summed E-state index contributed by atoms with van der Waals surface area (Å²) in [7, 11) is 0. The molecule has 0 unspecified atom stereocenters. The molecule has 19 heavy (non-hydrogen) atoms. The van der Waals surface area contributed by atoms with Crippen LogP contribution in [0, 0.1) is 11.3 Å². The molecule has 1 amide bonds. The van der Waals surface area contributed by atoms with Crippen molar-refractivity contribution in [3.63, 3.8) is 0 Å². The van der Waals surface area contributed by atoms with E-state index >= 15 is 0 Å². The smallest absolute Gasteiger partial charge is 0.222 e. The van der Waals surface area contributed by atoms with E-state index in [4.69, 9.17) is 5.73 Å². The van der Waals surface area contributed by atoms with E-state index in [9.17, 15) is 4.79 Å². The Bertz CT molecular complexity index is 296. The normalized spacial score (nSPS) is 31.2. The summed E-state index contributed by atoms with van der Waals surface area (Å²) >= 11 is 0. The molecule has 0 aromatic rings. The molecule has 110 valence electrons. The van der Waals surface area contributed by atoms with E-state index in [0.717, 1.165) is 57.5 Å². The number of nitrogens with two attached hydrogens (primary N) is 1. The molecule has 1 saturated carbocycles. The topological polar surface area (TPSA) is 46.3 Å². The van der Waals surface area contributed by atoms with Crippen molar-refractivity contribution in [1.82, 2.24) is 4.90 Å². The third kappa shape index (κ3) is 4.48. The Kier molecular flexibility index (Phi) is 4.88. The molecule has 1 saturated heterocycles. The van der Waals surface area contributed by atoms with Crippen molar-refractivity contribution >= 4 is 5.91 Å². The second kappa shape index (κ2) is 6.25. The second-order valence-electron chi connectivity index (χ2n) is 7.36. The van der Waals surface area contributed by atoms with Crippen LogP contribution < -0.4 is 5.73 Å². The highest BCUT2D eigenvalue weighted by atomic mass is 16.2. The zero-order valence-corrected chi connectivity index (χ0v) is 12.7. The molecule has 2 aliphatic rings. The van der Waals surface area contributed by atoms with E-state index in [1.165, 1.54) is 12.8 Å². The van der Waals surface area contributed by atoms with Crippen LogP contribution >= 0.6 is 0 Å². The van der Waals surface area contributed by atoms with Gasteiger partial charge in [-0.25, -0.2) is 0 Å². The van der Waals surface area contributed by atoms with E-state index in [1.54, 1.807) is 0 Å². The average molecular weight is 266 g/mol. The van der Waals surface area contributed by atoms with E-state index in [-0.39, 0.29) is 0 Å². The van der Waals surface area contributed by atoms with Crippen LogP contribution in [0.1, 0.15) is 65.2 Å². The lowest BCUT2D eigenvalue weighted by Crippen LogP contribution is -2.41. The van der Waals surface area contributed by atoms with Gasteiger partial charge in [-0.15, -0.1) is 0 Å². The molecule has 0 radical (unpaired) electrons. The molecule has 3 nitrogen and oxygen atoms in total. The van der Waals surface area contributed by atoms with Gasteiger partial charge in [-0.3, -0.25) is 4.79 Å². The number of nitrogens with zero attached hydrogens (tertiary/aromatic N) is 1. The van der Waals surface area contributed by atoms with E-state index < -0.39 is 0 Å². The third-order valence-electron chi connectivity index (χ3n) is 5.13. The monoisotopic (exact) mass is 266 g/mol. The van der Waals surface area contributed by atoms with E-state index in [0.29, 0.717) is 17.4 Å². The van der Waals surface area contributed by atoms with Gasteiger partial charge in [0.05, 0.1) is 0 Å². The number of carbonyl (C=O) groups is 1. The first-order valence-corrected chi connectivity index (χ1v) is 8.00. The van der Waals surface area contributed by atoms with Gasteiger partial charge in [0.1, 0.15) is 0 Å². The summed E-state index contributed by atoms with van der Waals surface area (Å²) in [4.78, 5) is 14.3. The quantitative estimate of drug-likeness (QED) is 0.853. The number of rotatable bonds is 3.